The summed E-state index contributed by atoms with van der Waals surface area (Å²) in [6.07, 6.45) is 6.29. The Bertz CT molecular complexity index is 333. The predicted octanol–water partition coefficient (Wildman–Crippen LogP) is 1.41. The van der Waals surface area contributed by atoms with E-state index in [0.717, 1.165) is 25.2 Å². The maximum absolute atomic E-state index is 11.7. The van der Waals surface area contributed by atoms with Crippen molar-refractivity contribution in [1.82, 2.24) is 10.3 Å². The van der Waals surface area contributed by atoms with Gasteiger partial charge in [-0.25, -0.2) is 0 Å². The molecule has 0 saturated carbocycles. The fourth-order valence-corrected chi connectivity index (χ4v) is 2.01. The average molecular weight is 219 g/mol. The van der Waals surface area contributed by atoms with E-state index in [-0.39, 0.29) is 5.91 Å². The van der Waals surface area contributed by atoms with Gasteiger partial charge in [0.25, 0.3) is 0 Å². The summed E-state index contributed by atoms with van der Waals surface area (Å²) in [7, 11) is 0. The van der Waals surface area contributed by atoms with Crippen molar-refractivity contribution in [3.05, 3.63) is 24.5 Å². The highest BCUT2D eigenvalue weighted by molar-refractivity contribution is 5.90. The smallest absolute Gasteiger partial charge is 0.224 e. The van der Waals surface area contributed by atoms with E-state index in [4.69, 9.17) is 0 Å². The van der Waals surface area contributed by atoms with E-state index in [1.54, 1.807) is 24.5 Å². The van der Waals surface area contributed by atoms with Crippen LogP contribution in [0.4, 0.5) is 5.69 Å². The first-order valence-corrected chi connectivity index (χ1v) is 5.75. The molecule has 16 heavy (non-hydrogen) atoms. The Hall–Kier alpha value is -1.42. The Morgan fingerprint density at radius 2 is 2.31 bits per heavy atom. The molecule has 0 bridgehead atoms. The van der Waals surface area contributed by atoms with Crippen molar-refractivity contribution in [3.8, 4) is 0 Å². The number of hydrogen-bond acceptors (Lipinski definition) is 3. The van der Waals surface area contributed by atoms with Crippen LogP contribution in [-0.4, -0.2) is 24.0 Å². The van der Waals surface area contributed by atoms with Crippen molar-refractivity contribution in [2.75, 3.05) is 18.4 Å². The SMILES string of the molecule is O=C(CC1CCCNC1)Nc1ccncc1. The third-order valence-corrected chi connectivity index (χ3v) is 2.84. The topological polar surface area (TPSA) is 54.0 Å². The van der Waals surface area contributed by atoms with Crippen LogP contribution in [0.15, 0.2) is 24.5 Å². The predicted molar refractivity (Wildman–Crippen MR) is 63.1 cm³/mol. The first-order chi connectivity index (χ1) is 7.84. The number of nitrogens with one attached hydrogen (secondary N) is 2. The van der Waals surface area contributed by atoms with Gasteiger partial charge in [0.1, 0.15) is 0 Å². The zero-order valence-electron chi connectivity index (χ0n) is 9.28. The third-order valence-electron chi connectivity index (χ3n) is 2.84. The summed E-state index contributed by atoms with van der Waals surface area (Å²) in [4.78, 5) is 15.6. The number of anilines is 1. The Balaban J connectivity index is 1.80. The van der Waals surface area contributed by atoms with Crippen LogP contribution in [0, 0.1) is 5.92 Å². The second kappa shape index (κ2) is 5.61. The molecule has 0 radical (unpaired) electrons. The van der Waals surface area contributed by atoms with Gasteiger partial charge in [0.2, 0.25) is 5.91 Å². The van der Waals surface area contributed by atoms with Crippen LogP contribution in [0.5, 0.6) is 0 Å². The van der Waals surface area contributed by atoms with Crippen LogP contribution < -0.4 is 10.6 Å². The standard InChI is InChI=1S/C12H17N3O/c16-12(8-10-2-1-5-14-9-10)15-11-3-6-13-7-4-11/h3-4,6-7,10,14H,1-2,5,8-9H2,(H,13,15,16). The minimum atomic E-state index is 0.0971. The number of nitrogens with zero attached hydrogens (tertiary/aromatic N) is 1. The van der Waals surface area contributed by atoms with Crippen molar-refractivity contribution in [2.24, 2.45) is 5.92 Å². The molecule has 4 heteroatoms. The highest BCUT2D eigenvalue weighted by Crippen LogP contribution is 2.15. The van der Waals surface area contributed by atoms with Crippen LogP contribution in [0.1, 0.15) is 19.3 Å². The zero-order chi connectivity index (χ0) is 11.2. The summed E-state index contributed by atoms with van der Waals surface area (Å²) in [5.41, 5.74) is 0.823. The van der Waals surface area contributed by atoms with Crippen LogP contribution >= 0.6 is 0 Å². The van der Waals surface area contributed by atoms with Gasteiger partial charge >= 0.3 is 0 Å². The summed E-state index contributed by atoms with van der Waals surface area (Å²) in [5, 5.41) is 6.20. The van der Waals surface area contributed by atoms with Gasteiger partial charge in [-0.3, -0.25) is 9.78 Å². The largest absolute Gasteiger partial charge is 0.326 e. The molecular weight excluding hydrogens is 202 g/mol. The van der Waals surface area contributed by atoms with Gasteiger partial charge in [-0.15, -0.1) is 0 Å². The monoisotopic (exact) mass is 219 g/mol. The summed E-state index contributed by atoms with van der Waals surface area (Å²) >= 11 is 0. The number of piperidine rings is 1. The van der Waals surface area contributed by atoms with Crippen LogP contribution in [0.3, 0.4) is 0 Å². The maximum atomic E-state index is 11.7. The van der Waals surface area contributed by atoms with E-state index >= 15 is 0 Å². The van der Waals surface area contributed by atoms with Gasteiger partial charge in [0.15, 0.2) is 0 Å². The number of pyridine rings is 1. The van der Waals surface area contributed by atoms with Crippen LogP contribution in [0.2, 0.25) is 0 Å². The Labute approximate surface area is 95.5 Å². The lowest BCUT2D eigenvalue weighted by atomic mass is 9.96. The molecule has 2 heterocycles. The van der Waals surface area contributed by atoms with Crippen LogP contribution in [0.25, 0.3) is 0 Å². The summed E-state index contributed by atoms with van der Waals surface area (Å²) in [5.74, 6) is 0.579. The Kier molecular flexibility index (Phi) is 3.88. The lowest BCUT2D eigenvalue weighted by molar-refractivity contribution is -0.117. The molecule has 86 valence electrons. The Morgan fingerprint density at radius 1 is 1.50 bits per heavy atom. The number of aromatic nitrogens is 1. The molecule has 1 aliphatic rings. The molecule has 0 spiro atoms. The van der Waals surface area contributed by atoms with Gasteiger partial charge in [-0.05, 0) is 44.0 Å². The van der Waals surface area contributed by atoms with E-state index in [1.807, 2.05) is 0 Å². The molecule has 1 atom stereocenters. The van der Waals surface area contributed by atoms with E-state index in [1.165, 1.54) is 6.42 Å². The number of carbonyl (C=O) groups excluding carboxylic acids is 1. The molecule has 1 fully saturated rings. The van der Waals surface area contributed by atoms with Crippen molar-refractivity contribution in [3.63, 3.8) is 0 Å². The molecule has 1 aromatic heterocycles. The molecule has 1 saturated heterocycles. The molecule has 1 aliphatic heterocycles. The highest BCUT2D eigenvalue weighted by Gasteiger charge is 2.16. The third kappa shape index (κ3) is 3.31. The van der Waals surface area contributed by atoms with Crippen molar-refractivity contribution >= 4 is 11.6 Å². The number of amides is 1. The van der Waals surface area contributed by atoms with Gasteiger partial charge in [-0.2, -0.15) is 0 Å². The van der Waals surface area contributed by atoms with Crippen molar-refractivity contribution in [2.45, 2.75) is 19.3 Å². The molecule has 1 amide bonds. The van der Waals surface area contributed by atoms with Gasteiger partial charge in [-0.1, -0.05) is 0 Å². The second-order valence-electron chi connectivity index (χ2n) is 4.20. The minimum Gasteiger partial charge on any atom is -0.326 e. The summed E-state index contributed by atoms with van der Waals surface area (Å²) in [6, 6.07) is 3.61. The summed E-state index contributed by atoms with van der Waals surface area (Å²) in [6.45, 7) is 2.05. The van der Waals surface area contributed by atoms with Gasteiger partial charge in [0.05, 0.1) is 0 Å². The van der Waals surface area contributed by atoms with E-state index in [0.29, 0.717) is 12.3 Å². The van der Waals surface area contributed by atoms with Gasteiger partial charge in [0, 0.05) is 24.5 Å². The van der Waals surface area contributed by atoms with Crippen LogP contribution in [-0.2, 0) is 4.79 Å². The number of carbonyl (C=O) groups is 1. The molecule has 2 N–H and O–H groups in total. The zero-order valence-corrected chi connectivity index (χ0v) is 9.28. The molecule has 2 rings (SSSR count). The molecule has 1 unspecified atom stereocenters. The average Bonchev–Trinajstić information content (AvgIpc) is 2.31. The lowest BCUT2D eigenvalue weighted by Crippen LogP contribution is -2.32. The molecule has 1 aromatic rings. The fourth-order valence-electron chi connectivity index (χ4n) is 2.01. The first kappa shape index (κ1) is 11.1. The molecule has 0 aliphatic carbocycles. The number of rotatable bonds is 3. The highest BCUT2D eigenvalue weighted by atomic mass is 16.1. The summed E-state index contributed by atoms with van der Waals surface area (Å²) < 4.78 is 0. The van der Waals surface area contributed by atoms with E-state index < -0.39 is 0 Å². The Morgan fingerprint density at radius 3 is 3.00 bits per heavy atom. The van der Waals surface area contributed by atoms with E-state index in [2.05, 4.69) is 15.6 Å². The minimum absolute atomic E-state index is 0.0971. The number of hydrogen-bond donors (Lipinski definition) is 2. The van der Waals surface area contributed by atoms with Crippen molar-refractivity contribution < 1.29 is 4.79 Å². The van der Waals surface area contributed by atoms with Crippen molar-refractivity contribution in [1.29, 1.82) is 0 Å². The molecule has 4 nitrogen and oxygen atoms in total. The van der Waals surface area contributed by atoms with E-state index in [9.17, 15) is 4.79 Å². The molecule has 0 aromatic carbocycles. The normalized spacial score (nSPS) is 20.4. The first-order valence-electron chi connectivity index (χ1n) is 5.75. The quantitative estimate of drug-likeness (QED) is 0.808. The van der Waals surface area contributed by atoms with Gasteiger partial charge < -0.3 is 10.6 Å². The maximum Gasteiger partial charge on any atom is 0.224 e. The second-order valence-corrected chi connectivity index (χ2v) is 4.20. The fraction of sp³-hybridized carbons (Fsp3) is 0.500. The molecular formula is C12H17N3O. The lowest BCUT2D eigenvalue weighted by Gasteiger charge is -2.22.